The topological polar surface area (TPSA) is 50.4 Å². The molecule has 3 fully saturated rings. The van der Waals surface area contributed by atoms with Crippen LogP contribution in [-0.2, 0) is 14.9 Å². The normalized spacial score (nSPS) is 32.1. The van der Waals surface area contributed by atoms with Gasteiger partial charge in [0.25, 0.3) is 0 Å². The van der Waals surface area contributed by atoms with Gasteiger partial charge < -0.3 is 15.4 Å². The van der Waals surface area contributed by atoms with Gasteiger partial charge in [-0.15, -0.1) is 12.4 Å². The van der Waals surface area contributed by atoms with Crippen molar-refractivity contribution < 1.29 is 9.53 Å². The van der Waals surface area contributed by atoms with E-state index in [1.165, 1.54) is 0 Å². The predicted octanol–water partition coefficient (Wildman–Crippen LogP) is 3.31. The molecule has 0 radical (unpaired) electrons. The van der Waals surface area contributed by atoms with Gasteiger partial charge in [0.15, 0.2) is 0 Å². The number of ether oxygens (including phenoxy) is 1. The van der Waals surface area contributed by atoms with E-state index >= 15 is 0 Å². The molecule has 6 heteroatoms. The third kappa shape index (κ3) is 3.49. The summed E-state index contributed by atoms with van der Waals surface area (Å²) in [6, 6.07) is 7.90. The lowest BCUT2D eigenvalue weighted by Gasteiger charge is -2.44. The molecular formula is C20H28Cl2N2O2. The van der Waals surface area contributed by atoms with E-state index in [2.05, 4.69) is 10.6 Å². The molecule has 0 aromatic heterocycles. The Hall–Kier alpha value is -0.810. The van der Waals surface area contributed by atoms with Crippen molar-refractivity contribution in [2.75, 3.05) is 20.2 Å². The molecule has 26 heavy (non-hydrogen) atoms. The Balaban J connectivity index is 0.00000196. The third-order valence-corrected chi connectivity index (χ3v) is 6.93. The van der Waals surface area contributed by atoms with Crippen LogP contribution in [0.5, 0.6) is 0 Å². The maximum Gasteiger partial charge on any atom is 0.230 e. The molecule has 0 spiro atoms. The van der Waals surface area contributed by atoms with Crippen molar-refractivity contribution in [1.82, 2.24) is 10.6 Å². The van der Waals surface area contributed by atoms with Crippen LogP contribution < -0.4 is 10.6 Å². The minimum absolute atomic E-state index is 0. The fraction of sp³-hybridized carbons (Fsp3) is 0.650. The zero-order valence-electron chi connectivity index (χ0n) is 15.2. The first-order valence-corrected chi connectivity index (χ1v) is 9.81. The molecular weight excluding hydrogens is 371 g/mol. The quantitative estimate of drug-likeness (QED) is 0.817. The van der Waals surface area contributed by atoms with Crippen molar-refractivity contribution in [2.45, 2.75) is 49.7 Å². The molecule has 2 N–H and O–H groups in total. The van der Waals surface area contributed by atoms with Gasteiger partial charge in [-0.25, -0.2) is 0 Å². The zero-order valence-corrected chi connectivity index (χ0v) is 16.7. The van der Waals surface area contributed by atoms with Crippen LogP contribution in [0.3, 0.4) is 0 Å². The van der Waals surface area contributed by atoms with Crippen LogP contribution >= 0.6 is 24.0 Å². The molecule has 2 aliphatic carbocycles. The Labute approximate surface area is 166 Å². The van der Waals surface area contributed by atoms with Crippen LogP contribution in [0, 0.1) is 11.8 Å². The fourth-order valence-electron chi connectivity index (χ4n) is 4.94. The molecule has 1 heterocycles. The van der Waals surface area contributed by atoms with E-state index in [0.717, 1.165) is 50.8 Å². The summed E-state index contributed by atoms with van der Waals surface area (Å²) in [5, 5.41) is 7.56. The lowest BCUT2D eigenvalue weighted by molar-refractivity contribution is -0.132. The number of hydrogen-bond acceptors (Lipinski definition) is 3. The smallest absolute Gasteiger partial charge is 0.230 e. The standard InChI is InChI=1S/C20H27ClN2O2.ClH/c1-25-18-10-14-12-22-11-13(14)9-17(18)23-19(24)20(7-2-8-20)15-3-5-16(21)6-4-15;/h3-6,13-14,17-18,22H,2,7-12H2,1H3,(H,23,24);1H/t13-,14+,17-,18-;/m0./s1. The number of carbonyl (C=O) groups is 1. The Bertz CT molecular complexity index is 633. The molecule has 1 amide bonds. The number of nitrogens with one attached hydrogen (secondary N) is 2. The fourth-order valence-corrected chi connectivity index (χ4v) is 5.07. The summed E-state index contributed by atoms with van der Waals surface area (Å²) in [6.45, 7) is 2.15. The van der Waals surface area contributed by atoms with Crippen molar-refractivity contribution in [2.24, 2.45) is 11.8 Å². The van der Waals surface area contributed by atoms with Gasteiger partial charge in [0.2, 0.25) is 5.91 Å². The van der Waals surface area contributed by atoms with Crippen LogP contribution in [0.4, 0.5) is 0 Å². The highest BCUT2D eigenvalue weighted by Crippen LogP contribution is 2.45. The number of carbonyl (C=O) groups excluding carboxylic acids is 1. The molecule has 4 atom stereocenters. The third-order valence-electron chi connectivity index (χ3n) is 6.68. The molecule has 1 aromatic rings. The maximum absolute atomic E-state index is 13.2. The average molecular weight is 399 g/mol. The van der Waals surface area contributed by atoms with Gasteiger partial charge in [-0.05, 0) is 68.3 Å². The first-order valence-electron chi connectivity index (χ1n) is 9.43. The maximum atomic E-state index is 13.2. The predicted molar refractivity (Wildman–Crippen MR) is 106 cm³/mol. The number of amides is 1. The van der Waals surface area contributed by atoms with Gasteiger partial charge in [-0.3, -0.25) is 4.79 Å². The van der Waals surface area contributed by atoms with E-state index in [-0.39, 0.29) is 35.9 Å². The SMILES string of the molecule is CO[C@H]1C[C@@H]2CNC[C@@H]2C[C@@H]1NC(=O)C1(c2ccc(Cl)cc2)CCC1.Cl. The van der Waals surface area contributed by atoms with Crippen molar-refractivity contribution >= 4 is 29.9 Å². The van der Waals surface area contributed by atoms with Crippen molar-refractivity contribution in [3.63, 3.8) is 0 Å². The molecule has 1 aromatic carbocycles. The summed E-state index contributed by atoms with van der Waals surface area (Å²) in [4.78, 5) is 13.2. The molecule has 0 unspecified atom stereocenters. The summed E-state index contributed by atoms with van der Waals surface area (Å²) in [7, 11) is 1.77. The molecule has 2 saturated carbocycles. The first-order chi connectivity index (χ1) is 12.1. The molecule has 1 saturated heterocycles. The van der Waals surface area contributed by atoms with Crippen LogP contribution in [0.1, 0.15) is 37.7 Å². The Morgan fingerprint density at radius 1 is 1.19 bits per heavy atom. The second kappa shape index (κ2) is 8.05. The Morgan fingerprint density at radius 2 is 1.85 bits per heavy atom. The van der Waals surface area contributed by atoms with Crippen LogP contribution in [0.25, 0.3) is 0 Å². The lowest BCUT2D eigenvalue weighted by Crippen LogP contribution is -2.57. The van der Waals surface area contributed by atoms with E-state index in [4.69, 9.17) is 16.3 Å². The van der Waals surface area contributed by atoms with Gasteiger partial charge in [0.05, 0.1) is 17.6 Å². The van der Waals surface area contributed by atoms with E-state index < -0.39 is 0 Å². The van der Waals surface area contributed by atoms with E-state index in [1.54, 1.807) is 7.11 Å². The Kier molecular flexibility index (Phi) is 6.18. The number of benzene rings is 1. The Morgan fingerprint density at radius 3 is 2.42 bits per heavy atom. The summed E-state index contributed by atoms with van der Waals surface area (Å²) < 4.78 is 5.74. The average Bonchev–Trinajstić information content (AvgIpc) is 3.02. The van der Waals surface area contributed by atoms with Gasteiger partial charge >= 0.3 is 0 Å². The van der Waals surface area contributed by atoms with Crippen molar-refractivity contribution in [3.05, 3.63) is 34.9 Å². The minimum Gasteiger partial charge on any atom is -0.379 e. The van der Waals surface area contributed by atoms with Crippen LogP contribution in [0.2, 0.25) is 5.02 Å². The summed E-state index contributed by atoms with van der Waals surface area (Å²) in [6.07, 6.45) is 5.10. The molecule has 144 valence electrons. The largest absolute Gasteiger partial charge is 0.379 e. The molecule has 4 nitrogen and oxygen atoms in total. The van der Waals surface area contributed by atoms with Crippen molar-refractivity contribution in [3.8, 4) is 0 Å². The highest BCUT2D eigenvalue weighted by atomic mass is 35.5. The van der Waals surface area contributed by atoms with Gasteiger partial charge in [-0.1, -0.05) is 30.2 Å². The number of halogens is 2. The number of hydrogen-bond donors (Lipinski definition) is 2. The second-order valence-electron chi connectivity index (χ2n) is 7.95. The number of rotatable bonds is 4. The number of methoxy groups -OCH3 is 1. The molecule has 1 aliphatic heterocycles. The number of fused-ring (bicyclic) bond motifs is 1. The van der Waals surface area contributed by atoms with Gasteiger partial charge in [-0.2, -0.15) is 0 Å². The van der Waals surface area contributed by atoms with E-state index in [0.29, 0.717) is 16.9 Å². The highest BCUT2D eigenvalue weighted by molar-refractivity contribution is 6.30. The van der Waals surface area contributed by atoms with Crippen molar-refractivity contribution in [1.29, 1.82) is 0 Å². The zero-order chi connectivity index (χ0) is 17.4. The van der Waals surface area contributed by atoms with E-state index in [9.17, 15) is 4.79 Å². The van der Waals surface area contributed by atoms with Gasteiger partial charge in [0.1, 0.15) is 0 Å². The lowest BCUT2D eigenvalue weighted by atomic mass is 9.63. The van der Waals surface area contributed by atoms with Crippen LogP contribution in [-0.4, -0.2) is 38.3 Å². The summed E-state index contributed by atoms with van der Waals surface area (Å²) in [5.41, 5.74) is 0.707. The summed E-state index contributed by atoms with van der Waals surface area (Å²) in [5.74, 6) is 1.51. The molecule has 3 aliphatic rings. The first kappa shape index (κ1) is 19.9. The summed E-state index contributed by atoms with van der Waals surface area (Å²) >= 11 is 6.02. The monoisotopic (exact) mass is 398 g/mol. The highest BCUT2D eigenvalue weighted by Gasteiger charge is 2.48. The minimum atomic E-state index is -0.381. The molecule has 4 rings (SSSR count). The second-order valence-corrected chi connectivity index (χ2v) is 8.38. The van der Waals surface area contributed by atoms with E-state index in [1.807, 2.05) is 24.3 Å². The van der Waals surface area contributed by atoms with Gasteiger partial charge in [0, 0.05) is 12.1 Å². The van der Waals surface area contributed by atoms with Crippen LogP contribution in [0.15, 0.2) is 24.3 Å². The molecule has 0 bridgehead atoms.